The van der Waals surface area contributed by atoms with Gasteiger partial charge in [-0.2, -0.15) is 0 Å². The van der Waals surface area contributed by atoms with E-state index in [9.17, 15) is 15.0 Å². The van der Waals surface area contributed by atoms with E-state index in [0.717, 1.165) is 19.4 Å². The van der Waals surface area contributed by atoms with Crippen LogP contribution in [0.15, 0.2) is 12.2 Å². The maximum absolute atomic E-state index is 10.5. The van der Waals surface area contributed by atoms with E-state index in [1.165, 1.54) is 0 Å². The van der Waals surface area contributed by atoms with Crippen molar-refractivity contribution in [2.75, 3.05) is 13.2 Å². The molecule has 1 fully saturated rings. The zero-order valence-corrected chi connectivity index (χ0v) is 15.7. The van der Waals surface area contributed by atoms with E-state index in [1.807, 2.05) is 12.2 Å². The molecule has 0 aromatic heterocycles. The molecule has 4 N–H and O–H groups in total. The van der Waals surface area contributed by atoms with E-state index in [2.05, 4.69) is 12.2 Å². The Hall–Kier alpha value is -1.18. The Kier molecular flexibility index (Phi) is 10.7. The van der Waals surface area contributed by atoms with Gasteiger partial charge in [0.15, 0.2) is 0 Å². The number of thiocarbonyl (C=S) groups is 1. The molecular weight excluding hydrogens is 342 g/mol. The standard InChI is InChI=1S/C18H31NO5S/c1-2-3-10-19-18(25)24-12-14-13(15(20)11-16(14)21)8-6-4-5-7-9-17(22)23/h4,6,13-16,20-21H,2-3,5,7-12H2,1H3,(H,19,25)(H,22,23)/t13-,14-,15?,16?/m1/s1. The first kappa shape index (κ1) is 21.9. The average molecular weight is 374 g/mol. The van der Waals surface area contributed by atoms with Crippen LogP contribution in [0.2, 0.25) is 0 Å². The first-order valence-corrected chi connectivity index (χ1v) is 9.50. The number of rotatable bonds is 11. The van der Waals surface area contributed by atoms with Crippen LogP contribution in [0, 0.1) is 11.8 Å². The van der Waals surface area contributed by atoms with E-state index < -0.39 is 18.2 Å². The van der Waals surface area contributed by atoms with Crippen LogP contribution >= 0.6 is 12.2 Å². The summed E-state index contributed by atoms with van der Waals surface area (Å²) in [6, 6.07) is 0. The van der Waals surface area contributed by atoms with Crippen LogP contribution in [-0.2, 0) is 9.53 Å². The second kappa shape index (κ2) is 12.2. The van der Waals surface area contributed by atoms with E-state index in [0.29, 0.717) is 30.9 Å². The van der Waals surface area contributed by atoms with Crippen LogP contribution in [0.4, 0.5) is 0 Å². The van der Waals surface area contributed by atoms with Crippen molar-refractivity contribution >= 4 is 23.4 Å². The molecule has 0 aliphatic heterocycles. The molecule has 2 unspecified atom stereocenters. The second-order valence-corrected chi connectivity index (χ2v) is 6.94. The Labute approximate surface area is 155 Å². The Balaban J connectivity index is 2.38. The fourth-order valence-electron chi connectivity index (χ4n) is 3.07. The van der Waals surface area contributed by atoms with Gasteiger partial charge >= 0.3 is 5.97 Å². The molecule has 0 saturated heterocycles. The summed E-state index contributed by atoms with van der Waals surface area (Å²) < 4.78 is 5.55. The number of carboxylic acid groups (broad SMARTS) is 1. The molecule has 6 nitrogen and oxygen atoms in total. The van der Waals surface area contributed by atoms with Gasteiger partial charge in [0, 0.05) is 18.9 Å². The van der Waals surface area contributed by atoms with Crippen molar-refractivity contribution in [3.8, 4) is 0 Å². The van der Waals surface area contributed by atoms with Crippen LogP contribution in [0.1, 0.15) is 51.9 Å². The zero-order valence-electron chi connectivity index (χ0n) is 14.9. The third kappa shape index (κ3) is 8.65. The number of unbranched alkanes of at least 4 members (excludes halogenated alkanes) is 2. The molecule has 1 rings (SSSR count). The monoisotopic (exact) mass is 373 g/mol. The summed E-state index contributed by atoms with van der Waals surface area (Å²) >= 11 is 5.13. The van der Waals surface area contributed by atoms with Gasteiger partial charge in [0.25, 0.3) is 5.17 Å². The molecule has 0 spiro atoms. The van der Waals surface area contributed by atoms with Crippen molar-refractivity contribution in [2.45, 2.75) is 64.1 Å². The summed E-state index contributed by atoms with van der Waals surface area (Å²) in [5.41, 5.74) is 0. The van der Waals surface area contributed by atoms with Gasteiger partial charge in [0.1, 0.15) is 0 Å². The number of aliphatic hydroxyl groups excluding tert-OH is 2. The Morgan fingerprint density at radius 2 is 1.96 bits per heavy atom. The van der Waals surface area contributed by atoms with Gasteiger partial charge < -0.3 is 25.4 Å². The van der Waals surface area contributed by atoms with E-state index in [4.69, 9.17) is 22.1 Å². The smallest absolute Gasteiger partial charge is 0.303 e. The number of carbonyl (C=O) groups is 1. The van der Waals surface area contributed by atoms with Gasteiger partial charge in [-0.05, 0) is 50.2 Å². The van der Waals surface area contributed by atoms with E-state index in [-0.39, 0.29) is 24.9 Å². The highest BCUT2D eigenvalue weighted by molar-refractivity contribution is 7.80. The lowest BCUT2D eigenvalue weighted by Gasteiger charge is -2.23. The lowest BCUT2D eigenvalue weighted by Crippen LogP contribution is -2.31. The van der Waals surface area contributed by atoms with Crippen molar-refractivity contribution in [2.24, 2.45) is 11.8 Å². The van der Waals surface area contributed by atoms with Crippen LogP contribution in [0.25, 0.3) is 0 Å². The molecule has 1 saturated carbocycles. The lowest BCUT2D eigenvalue weighted by molar-refractivity contribution is -0.137. The Morgan fingerprint density at radius 3 is 2.64 bits per heavy atom. The van der Waals surface area contributed by atoms with E-state index >= 15 is 0 Å². The third-order valence-electron chi connectivity index (χ3n) is 4.56. The van der Waals surface area contributed by atoms with Crippen molar-refractivity contribution in [1.82, 2.24) is 5.32 Å². The first-order chi connectivity index (χ1) is 12.0. The molecule has 25 heavy (non-hydrogen) atoms. The number of ether oxygens (including phenoxy) is 1. The summed E-state index contributed by atoms with van der Waals surface area (Å²) in [6.45, 7) is 3.16. The minimum Gasteiger partial charge on any atom is -0.481 e. The zero-order chi connectivity index (χ0) is 18.7. The molecule has 1 aliphatic rings. The highest BCUT2D eigenvalue weighted by Crippen LogP contribution is 2.35. The van der Waals surface area contributed by atoms with Gasteiger partial charge in [-0.1, -0.05) is 25.5 Å². The minimum absolute atomic E-state index is 0.0795. The normalized spacial score (nSPS) is 26.0. The number of hydrogen-bond acceptors (Lipinski definition) is 5. The molecule has 7 heteroatoms. The fourth-order valence-corrected chi connectivity index (χ4v) is 3.24. The van der Waals surface area contributed by atoms with Crippen LogP contribution in [0.3, 0.4) is 0 Å². The maximum Gasteiger partial charge on any atom is 0.303 e. The molecule has 0 radical (unpaired) electrons. The molecule has 0 aromatic carbocycles. The van der Waals surface area contributed by atoms with E-state index in [1.54, 1.807) is 0 Å². The van der Waals surface area contributed by atoms with Gasteiger partial charge in [0.2, 0.25) is 0 Å². The SMILES string of the molecule is CCCCNC(=S)OC[C@H]1C(O)CC(O)[C@@H]1CC=CCCCC(=O)O. The van der Waals surface area contributed by atoms with Crippen molar-refractivity contribution in [3.63, 3.8) is 0 Å². The largest absolute Gasteiger partial charge is 0.481 e. The molecule has 0 bridgehead atoms. The molecule has 144 valence electrons. The quantitative estimate of drug-likeness (QED) is 0.250. The van der Waals surface area contributed by atoms with Crippen LogP contribution in [0.5, 0.6) is 0 Å². The minimum atomic E-state index is -0.788. The number of allylic oxidation sites excluding steroid dienone is 2. The second-order valence-electron chi connectivity index (χ2n) is 6.57. The number of hydrogen-bond donors (Lipinski definition) is 4. The molecule has 1 aliphatic carbocycles. The number of aliphatic carboxylic acids is 1. The summed E-state index contributed by atoms with van der Waals surface area (Å²) in [5.74, 6) is -1.03. The lowest BCUT2D eigenvalue weighted by atomic mass is 9.91. The summed E-state index contributed by atoms with van der Waals surface area (Å²) in [6.07, 6.45) is 7.27. The highest BCUT2D eigenvalue weighted by atomic mass is 32.1. The summed E-state index contributed by atoms with van der Waals surface area (Å²) in [5, 5.41) is 32.3. The molecule has 0 amide bonds. The van der Waals surface area contributed by atoms with Crippen LogP contribution < -0.4 is 5.32 Å². The van der Waals surface area contributed by atoms with Gasteiger partial charge in [-0.3, -0.25) is 4.79 Å². The third-order valence-corrected chi connectivity index (χ3v) is 4.83. The summed E-state index contributed by atoms with van der Waals surface area (Å²) in [4.78, 5) is 10.5. The molecule has 0 aromatic rings. The number of aliphatic hydroxyl groups is 2. The molecule has 4 atom stereocenters. The van der Waals surface area contributed by atoms with Crippen LogP contribution in [-0.4, -0.2) is 51.8 Å². The molecule has 0 heterocycles. The average Bonchev–Trinajstić information content (AvgIpc) is 2.82. The van der Waals surface area contributed by atoms with Gasteiger partial charge in [-0.25, -0.2) is 0 Å². The van der Waals surface area contributed by atoms with Gasteiger partial charge in [0.05, 0.1) is 18.8 Å². The highest BCUT2D eigenvalue weighted by Gasteiger charge is 2.41. The maximum atomic E-state index is 10.5. The number of nitrogens with one attached hydrogen (secondary N) is 1. The number of carboxylic acids is 1. The predicted octanol–water partition coefficient (Wildman–Crippen LogP) is 2.24. The topological polar surface area (TPSA) is 99.0 Å². The predicted molar refractivity (Wildman–Crippen MR) is 100 cm³/mol. The molecular formula is C18H31NO5S. The van der Waals surface area contributed by atoms with Crippen molar-refractivity contribution < 1.29 is 24.9 Å². The van der Waals surface area contributed by atoms with Crippen molar-refractivity contribution in [1.29, 1.82) is 0 Å². The fraction of sp³-hybridized carbons (Fsp3) is 0.778. The van der Waals surface area contributed by atoms with Crippen molar-refractivity contribution in [3.05, 3.63) is 12.2 Å². The summed E-state index contributed by atoms with van der Waals surface area (Å²) in [7, 11) is 0. The Bertz CT molecular complexity index is 443. The van der Waals surface area contributed by atoms with Gasteiger partial charge in [-0.15, -0.1) is 0 Å². The first-order valence-electron chi connectivity index (χ1n) is 9.09. The Morgan fingerprint density at radius 1 is 1.24 bits per heavy atom.